The van der Waals surface area contributed by atoms with Crippen LogP contribution in [0.4, 0.5) is 0 Å². The van der Waals surface area contributed by atoms with Crippen LogP contribution < -0.4 is 5.32 Å². The SMILES string of the molecule is CC(NC(=O)c1cccc(CS(C)(=O)=O)c1)C1CC1. The predicted octanol–water partition coefficient (Wildman–Crippen LogP) is 1.76. The highest BCUT2D eigenvalue weighted by atomic mass is 32.2. The minimum atomic E-state index is -3.08. The van der Waals surface area contributed by atoms with Gasteiger partial charge in [0.1, 0.15) is 0 Å². The minimum absolute atomic E-state index is 0.0354. The Labute approximate surface area is 114 Å². The number of sulfone groups is 1. The standard InChI is InChI=1S/C14H19NO3S/c1-10(12-6-7-12)15-14(16)13-5-3-4-11(8-13)9-19(2,17)18/h3-5,8,10,12H,6-7,9H2,1-2H3,(H,15,16). The summed E-state index contributed by atoms with van der Waals surface area (Å²) in [7, 11) is -3.08. The lowest BCUT2D eigenvalue weighted by Crippen LogP contribution is -2.34. The van der Waals surface area contributed by atoms with Gasteiger partial charge >= 0.3 is 0 Å². The summed E-state index contributed by atoms with van der Waals surface area (Å²) in [5.74, 6) is 0.435. The summed E-state index contributed by atoms with van der Waals surface area (Å²) < 4.78 is 22.5. The van der Waals surface area contributed by atoms with Gasteiger partial charge in [0.25, 0.3) is 5.91 Å². The van der Waals surface area contributed by atoms with E-state index >= 15 is 0 Å². The monoisotopic (exact) mass is 281 g/mol. The summed E-state index contributed by atoms with van der Waals surface area (Å²) >= 11 is 0. The van der Waals surface area contributed by atoms with Gasteiger partial charge in [-0.25, -0.2) is 8.42 Å². The number of rotatable bonds is 5. The first-order valence-corrected chi connectivity index (χ1v) is 8.49. The number of benzene rings is 1. The zero-order valence-electron chi connectivity index (χ0n) is 11.2. The molecule has 0 aliphatic heterocycles. The molecule has 1 aliphatic rings. The van der Waals surface area contributed by atoms with Crippen molar-refractivity contribution in [3.8, 4) is 0 Å². The molecule has 4 nitrogen and oxygen atoms in total. The number of hydrogen-bond acceptors (Lipinski definition) is 3. The summed E-state index contributed by atoms with van der Waals surface area (Å²) in [6, 6.07) is 6.99. The first-order valence-electron chi connectivity index (χ1n) is 6.43. The van der Waals surface area contributed by atoms with Crippen LogP contribution in [-0.4, -0.2) is 26.6 Å². The zero-order valence-corrected chi connectivity index (χ0v) is 12.0. The molecule has 0 bridgehead atoms. The molecule has 0 saturated heterocycles. The third-order valence-corrected chi connectivity index (χ3v) is 4.16. The first kappa shape index (κ1) is 14.1. The maximum absolute atomic E-state index is 12.0. The van der Waals surface area contributed by atoms with Gasteiger partial charge in [0.2, 0.25) is 0 Å². The minimum Gasteiger partial charge on any atom is -0.349 e. The van der Waals surface area contributed by atoms with Gasteiger partial charge in [-0.2, -0.15) is 0 Å². The molecule has 1 atom stereocenters. The van der Waals surface area contributed by atoms with E-state index in [-0.39, 0.29) is 17.7 Å². The smallest absolute Gasteiger partial charge is 0.251 e. The quantitative estimate of drug-likeness (QED) is 0.894. The maximum Gasteiger partial charge on any atom is 0.251 e. The lowest BCUT2D eigenvalue weighted by Gasteiger charge is -2.13. The fraction of sp³-hybridized carbons (Fsp3) is 0.500. The normalized spacial score (nSPS) is 16.9. The summed E-state index contributed by atoms with van der Waals surface area (Å²) in [6.45, 7) is 2.01. The summed E-state index contributed by atoms with van der Waals surface area (Å²) in [4.78, 5) is 12.0. The Kier molecular flexibility index (Phi) is 3.94. The lowest BCUT2D eigenvalue weighted by atomic mass is 10.1. The van der Waals surface area contributed by atoms with Crippen LogP contribution >= 0.6 is 0 Å². The second-order valence-corrected chi connectivity index (χ2v) is 7.51. The zero-order chi connectivity index (χ0) is 14.0. The summed E-state index contributed by atoms with van der Waals surface area (Å²) in [5.41, 5.74) is 1.17. The fourth-order valence-corrected chi connectivity index (χ4v) is 2.89. The van der Waals surface area contributed by atoms with E-state index in [4.69, 9.17) is 0 Å². The van der Waals surface area contributed by atoms with Crippen molar-refractivity contribution in [2.75, 3.05) is 6.26 Å². The second-order valence-electron chi connectivity index (χ2n) is 5.37. The highest BCUT2D eigenvalue weighted by Gasteiger charge is 2.29. The van der Waals surface area contributed by atoms with Gasteiger partial charge in [-0.1, -0.05) is 12.1 Å². The largest absolute Gasteiger partial charge is 0.349 e. The highest BCUT2D eigenvalue weighted by molar-refractivity contribution is 7.89. The highest BCUT2D eigenvalue weighted by Crippen LogP contribution is 2.32. The Morgan fingerprint density at radius 3 is 2.68 bits per heavy atom. The Balaban J connectivity index is 2.07. The van der Waals surface area contributed by atoms with E-state index in [0.717, 1.165) is 0 Å². The molecular weight excluding hydrogens is 262 g/mol. The predicted molar refractivity (Wildman–Crippen MR) is 74.6 cm³/mol. The molecule has 1 aromatic rings. The van der Waals surface area contributed by atoms with E-state index in [9.17, 15) is 13.2 Å². The summed E-state index contributed by atoms with van der Waals surface area (Å²) in [6.07, 6.45) is 3.54. The van der Waals surface area contributed by atoms with Gasteiger partial charge in [-0.3, -0.25) is 4.79 Å². The molecule has 1 N–H and O–H groups in total. The molecule has 104 valence electrons. The number of amides is 1. The van der Waals surface area contributed by atoms with Crippen LogP contribution in [-0.2, 0) is 15.6 Å². The van der Waals surface area contributed by atoms with Crippen LogP contribution in [0, 0.1) is 5.92 Å². The second kappa shape index (κ2) is 5.33. The molecule has 1 saturated carbocycles. The Hall–Kier alpha value is -1.36. The van der Waals surface area contributed by atoms with Gasteiger partial charge < -0.3 is 5.32 Å². The van der Waals surface area contributed by atoms with Crippen molar-refractivity contribution in [3.05, 3.63) is 35.4 Å². The van der Waals surface area contributed by atoms with E-state index in [1.807, 2.05) is 6.92 Å². The molecule has 1 unspecified atom stereocenters. The van der Waals surface area contributed by atoms with Crippen LogP contribution in [0.2, 0.25) is 0 Å². The molecule has 0 radical (unpaired) electrons. The third-order valence-electron chi connectivity index (χ3n) is 3.31. The molecule has 19 heavy (non-hydrogen) atoms. The van der Waals surface area contributed by atoms with Gasteiger partial charge in [-0.15, -0.1) is 0 Å². The van der Waals surface area contributed by atoms with Crippen molar-refractivity contribution in [2.45, 2.75) is 31.6 Å². The van der Waals surface area contributed by atoms with Crippen LogP contribution in [0.25, 0.3) is 0 Å². The summed E-state index contributed by atoms with van der Waals surface area (Å²) in [5, 5.41) is 2.96. The molecule has 1 fully saturated rings. The molecular formula is C14H19NO3S. The fourth-order valence-electron chi connectivity index (χ4n) is 2.11. The number of carbonyl (C=O) groups excluding carboxylic acids is 1. The Morgan fingerprint density at radius 2 is 2.11 bits per heavy atom. The van der Waals surface area contributed by atoms with Gasteiger partial charge in [-0.05, 0) is 43.4 Å². The number of carbonyl (C=O) groups is 1. The molecule has 0 aromatic heterocycles. The first-order chi connectivity index (χ1) is 8.85. The van der Waals surface area contributed by atoms with E-state index in [0.29, 0.717) is 17.0 Å². The van der Waals surface area contributed by atoms with Gasteiger partial charge in [0.15, 0.2) is 9.84 Å². The van der Waals surface area contributed by atoms with Crippen molar-refractivity contribution in [1.29, 1.82) is 0 Å². The van der Waals surface area contributed by atoms with E-state index in [1.165, 1.54) is 19.1 Å². The van der Waals surface area contributed by atoms with Crippen molar-refractivity contribution in [3.63, 3.8) is 0 Å². The molecule has 1 aliphatic carbocycles. The molecule has 0 spiro atoms. The molecule has 1 amide bonds. The lowest BCUT2D eigenvalue weighted by molar-refractivity contribution is 0.0935. The van der Waals surface area contributed by atoms with E-state index in [2.05, 4.69) is 5.32 Å². The molecule has 5 heteroatoms. The van der Waals surface area contributed by atoms with Crippen molar-refractivity contribution >= 4 is 15.7 Å². The van der Waals surface area contributed by atoms with Crippen LogP contribution in [0.1, 0.15) is 35.7 Å². The van der Waals surface area contributed by atoms with Crippen molar-refractivity contribution in [1.82, 2.24) is 5.32 Å². The Bertz CT molecular complexity index is 576. The van der Waals surface area contributed by atoms with E-state index in [1.54, 1.807) is 24.3 Å². The number of nitrogens with one attached hydrogen (secondary N) is 1. The molecule has 0 heterocycles. The molecule has 2 rings (SSSR count). The molecule has 1 aromatic carbocycles. The number of hydrogen-bond donors (Lipinski definition) is 1. The third kappa shape index (κ3) is 4.35. The van der Waals surface area contributed by atoms with Crippen LogP contribution in [0.15, 0.2) is 24.3 Å². The van der Waals surface area contributed by atoms with Gasteiger partial charge in [0.05, 0.1) is 5.75 Å². The average molecular weight is 281 g/mol. The Morgan fingerprint density at radius 1 is 1.42 bits per heavy atom. The maximum atomic E-state index is 12.0. The van der Waals surface area contributed by atoms with E-state index < -0.39 is 9.84 Å². The average Bonchev–Trinajstić information content (AvgIpc) is 3.10. The van der Waals surface area contributed by atoms with Crippen LogP contribution in [0.3, 0.4) is 0 Å². The van der Waals surface area contributed by atoms with Crippen molar-refractivity contribution in [2.24, 2.45) is 5.92 Å². The van der Waals surface area contributed by atoms with Crippen molar-refractivity contribution < 1.29 is 13.2 Å². The van der Waals surface area contributed by atoms with Crippen LogP contribution in [0.5, 0.6) is 0 Å². The van der Waals surface area contributed by atoms with Gasteiger partial charge in [0, 0.05) is 17.9 Å². The topological polar surface area (TPSA) is 63.2 Å².